The zero-order chi connectivity index (χ0) is 15.2. The topological polar surface area (TPSA) is 47.6 Å². The van der Waals surface area contributed by atoms with E-state index in [-0.39, 0.29) is 4.75 Å². The molecular formula is C15H25NO3S. The fraction of sp³-hybridized carbons (Fsp3) is 0.600. The summed E-state index contributed by atoms with van der Waals surface area (Å²) in [6, 6.07) is 5.71. The Morgan fingerprint density at radius 3 is 2.45 bits per heavy atom. The van der Waals surface area contributed by atoms with Crippen LogP contribution in [0.4, 0.5) is 0 Å². The molecule has 0 aliphatic carbocycles. The molecule has 0 bridgehead atoms. The van der Waals surface area contributed by atoms with E-state index in [1.54, 1.807) is 14.2 Å². The lowest BCUT2D eigenvalue weighted by atomic mass is 10.2. The van der Waals surface area contributed by atoms with Gasteiger partial charge in [-0.3, -0.25) is 4.21 Å². The number of ether oxygens (including phenoxy) is 2. The van der Waals surface area contributed by atoms with Gasteiger partial charge in [-0.25, -0.2) is 0 Å². The van der Waals surface area contributed by atoms with Crippen LogP contribution in [0.25, 0.3) is 0 Å². The molecule has 1 rings (SSSR count). The van der Waals surface area contributed by atoms with Crippen LogP contribution in [0.3, 0.4) is 0 Å². The van der Waals surface area contributed by atoms with Gasteiger partial charge < -0.3 is 14.8 Å². The zero-order valence-electron chi connectivity index (χ0n) is 13.0. The SMILES string of the molecule is COc1ccc(OC)c(CNCCS(=O)C(C)(C)C)c1. The molecule has 0 saturated carbocycles. The summed E-state index contributed by atoms with van der Waals surface area (Å²) in [5.74, 6) is 2.28. The van der Waals surface area contributed by atoms with Crippen molar-refractivity contribution in [2.75, 3.05) is 26.5 Å². The second-order valence-electron chi connectivity index (χ2n) is 5.52. The van der Waals surface area contributed by atoms with Gasteiger partial charge in [-0.05, 0) is 39.0 Å². The van der Waals surface area contributed by atoms with Crippen molar-refractivity contribution in [2.24, 2.45) is 0 Å². The Labute approximate surface area is 124 Å². The minimum atomic E-state index is -0.827. The van der Waals surface area contributed by atoms with Crippen molar-refractivity contribution >= 4 is 10.8 Å². The van der Waals surface area contributed by atoms with E-state index in [9.17, 15) is 4.21 Å². The van der Waals surface area contributed by atoms with E-state index < -0.39 is 10.8 Å². The van der Waals surface area contributed by atoms with Gasteiger partial charge in [-0.15, -0.1) is 0 Å². The average Bonchev–Trinajstić information content (AvgIpc) is 2.41. The van der Waals surface area contributed by atoms with E-state index in [1.807, 2.05) is 39.0 Å². The van der Waals surface area contributed by atoms with Crippen LogP contribution in [0.1, 0.15) is 26.3 Å². The highest BCUT2D eigenvalue weighted by atomic mass is 32.2. The van der Waals surface area contributed by atoms with Crippen LogP contribution < -0.4 is 14.8 Å². The molecule has 1 N–H and O–H groups in total. The molecule has 1 aromatic rings. The van der Waals surface area contributed by atoms with Gasteiger partial charge in [0.05, 0.1) is 14.2 Å². The molecule has 20 heavy (non-hydrogen) atoms. The summed E-state index contributed by atoms with van der Waals surface area (Å²) < 4.78 is 22.3. The third-order valence-electron chi connectivity index (χ3n) is 2.95. The zero-order valence-corrected chi connectivity index (χ0v) is 13.8. The summed E-state index contributed by atoms with van der Waals surface area (Å²) in [6.45, 7) is 7.36. The molecule has 0 heterocycles. The average molecular weight is 299 g/mol. The summed E-state index contributed by atoms with van der Waals surface area (Å²) in [7, 11) is 2.47. The number of nitrogens with one attached hydrogen (secondary N) is 1. The summed E-state index contributed by atoms with van der Waals surface area (Å²) in [5.41, 5.74) is 1.04. The van der Waals surface area contributed by atoms with E-state index in [0.29, 0.717) is 18.8 Å². The Bertz CT molecular complexity index is 455. The van der Waals surface area contributed by atoms with Crippen molar-refractivity contribution in [3.63, 3.8) is 0 Å². The van der Waals surface area contributed by atoms with Gasteiger partial charge in [0.1, 0.15) is 11.5 Å². The Morgan fingerprint density at radius 2 is 1.90 bits per heavy atom. The first-order valence-corrected chi connectivity index (χ1v) is 8.00. The largest absolute Gasteiger partial charge is 0.497 e. The van der Waals surface area contributed by atoms with Crippen LogP contribution in [0, 0.1) is 0 Å². The minimum Gasteiger partial charge on any atom is -0.497 e. The summed E-state index contributed by atoms with van der Waals surface area (Å²) in [5, 5.41) is 3.30. The van der Waals surface area contributed by atoms with E-state index in [4.69, 9.17) is 9.47 Å². The van der Waals surface area contributed by atoms with Gasteiger partial charge in [0.25, 0.3) is 0 Å². The fourth-order valence-corrected chi connectivity index (χ4v) is 2.66. The van der Waals surface area contributed by atoms with E-state index in [0.717, 1.165) is 17.1 Å². The van der Waals surface area contributed by atoms with Gasteiger partial charge in [0.2, 0.25) is 0 Å². The molecule has 1 unspecified atom stereocenters. The van der Waals surface area contributed by atoms with Crippen molar-refractivity contribution < 1.29 is 13.7 Å². The molecule has 0 amide bonds. The summed E-state index contributed by atoms with van der Waals surface area (Å²) in [6.07, 6.45) is 0. The number of rotatable bonds is 7. The van der Waals surface area contributed by atoms with Gasteiger partial charge in [0.15, 0.2) is 0 Å². The van der Waals surface area contributed by atoms with E-state index >= 15 is 0 Å². The lowest BCUT2D eigenvalue weighted by Crippen LogP contribution is -2.29. The van der Waals surface area contributed by atoms with Crippen LogP contribution in [0.15, 0.2) is 18.2 Å². The van der Waals surface area contributed by atoms with Crippen LogP contribution in [-0.2, 0) is 17.3 Å². The van der Waals surface area contributed by atoms with Gasteiger partial charge >= 0.3 is 0 Å². The first-order chi connectivity index (χ1) is 9.38. The molecule has 1 atom stereocenters. The Balaban J connectivity index is 2.51. The predicted molar refractivity (Wildman–Crippen MR) is 84.0 cm³/mol. The second kappa shape index (κ2) is 7.64. The van der Waals surface area contributed by atoms with Crippen molar-refractivity contribution in [2.45, 2.75) is 32.1 Å². The number of benzene rings is 1. The maximum absolute atomic E-state index is 11.9. The Morgan fingerprint density at radius 1 is 1.20 bits per heavy atom. The molecular weight excluding hydrogens is 274 g/mol. The highest BCUT2D eigenvalue weighted by molar-refractivity contribution is 7.86. The van der Waals surface area contributed by atoms with Crippen molar-refractivity contribution in [1.82, 2.24) is 5.32 Å². The van der Waals surface area contributed by atoms with E-state index in [2.05, 4.69) is 5.32 Å². The van der Waals surface area contributed by atoms with Crippen molar-refractivity contribution in [1.29, 1.82) is 0 Å². The predicted octanol–water partition coefficient (Wildman–Crippen LogP) is 2.34. The van der Waals surface area contributed by atoms with Gasteiger partial charge in [-0.2, -0.15) is 0 Å². The minimum absolute atomic E-state index is 0.157. The first-order valence-electron chi connectivity index (χ1n) is 6.68. The molecule has 1 aromatic carbocycles. The number of methoxy groups -OCH3 is 2. The van der Waals surface area contributed by atoms with E-state index in [1.165, 1.54) is 0 Å². The molecule has 0 aliphatic rings. The molecule has 4 nitrogen and oxygen atoms in total. The highest BCUT2D eigenvalue weighted by Gasteiger charge is 2.18. The third kappa shape index (κ3) is 5.13. The standard InChI is InChI=1S/C15H25NO3S/c1-15(2,3)20(17)9-8-16-11-12-10-13(18-4)6-7-14(12)19-5/h6-7,10,16H,8-9,11H2,1-5H3. The number of hydrogen-bond donors (Lipinski definition) is 1. The first kappa shape index (κ1) is 17.0. The Hall–Kier alpha value is -1.07. The fourth-order valence-electron chi connectivity index (χ4n) is 1.71. The number of hydrogen-bond acceptors (Lipinski definition) is 4. The van der Waals surface area contributed by atoms with Crippen LogP contribution in [0.2, 0.25) is 0 Å². The van der Waals surface area contributed by atoms with Crippen LogP contribution in [-0.4, -0.2) is 35.5 Å². The normalized spacial score (nSPS) is 13.1. The second-order valence-corrected chi connectivity index (χ2v) is 7.84. The third-order valence-corrected chi connectivity index (χ3v) is 4.89. The smallest absolute Gasteiger partial charge is 0.123 e. The molecule has 5 heteroatoms. The maximum atomic E-state index is 11.9. The van der Waals surface area contributed by atoms with Crippen LogP contribution in [0.5, 0.6) is 11.5 Å². The van der Waals surface area contributed by atoms with Crippen molar-refractivity contribution in [3.8, 4) is 11.5 Å². The van der Waals surface area contributed by atoms with Gasteiger partial charge in [0, 0.05) is 40.0 Å². The highest BCUT2D eigenvalue weighted by Crippen LogP contribution is 2.23. The maximum Gasteiger partial charge on any atom is 0.123 e. The van der Waals surface area contributed by atoms with Gasteiger partial charge in [-0.1, -0.05) is 0 Å². The molecule has 0 fully saturated rings. The Kier molecular flexibility index (Phi) is 6.49. The summed E-state index contributed by atoms with van der Waals surface area (Å²) in [4.78, 5) is 0. The molecule has 0 radical (unpaired) electrons. The monoisotopic (exact) mass is 299 g/mol. The molecule has 0 aromatic heterocycles. The molecule has 0 spiro atoms. The lowest BCUT2D eigenvalue weighted by Gasteiger charge is -2.18. The summed E-state index contributed by atoms with van der Waals surface area (Å²) >= 11 is 0. The lowest BCUT2D eigenvalue weighted by molar-refractivity contribution is 0.397. The van der Waals surface area contributed by atoms with Crippen molar-refractivity contribution in [3.05, 3.63) is 23.8 Å². The quantitative estimate of drug-likeness (QED) is 0.785. The van der Waals surface area contributed by atoms with Crippen LogP contribution >= 0.6 is 0 Å². The molecule has 0 saturated heterocycles. The molecule has 114 valence electrons. The molecule has 0 aliphatic heterocycles.